The molecule has 104 valence electrons. The number of likely N-dealkylation sites (N-methyl/N-ethyl adjacent to an activating group) is 1. The monoisotopic (exact) mass is 266 g/mol. The van der Waals surface area contributed by atoms with Crippen LogP contribution in [-0.2, 0) is 4.79 Å². The zero-order chi connectivity index (χ0) is 14.4. The van der Waals surface area contributed by atoms with E-state index in [0.29, 0.717) is 13.1 Å². The number of phenols is 2. The highest BCUT2D eigenvalue weighted by molar-refractivity contribution is 6.00. The van der Waals surface area contributed by atoms with Gasteiger partial charge >= 0.3 is 0 Å². The van der Waals surface area contributed by atoms with Gasteiger partial charge < -0.3 is 20.4 Å². The summed E-state index contributed by atoms with van der Waals surface area (Å²) in [5, 5.41) is 21.4. The molecule has 1 aromatic rings. The first-order valence-electron chi connectivity index (χ1n) is 6.08. The summed E-state index contributed by atoms with van der Waals surface area (Å²) in [4.78, 5) is 25.1. The molecule has 2 amide bonds. The van der Waals surface area contributed by atoms with Crippen molar-refractivity contribution in [3.63, 3.8) is 0 Å². The van der Waals surface area contributed by atoms with Gasteiger partial charge in [-0.3, -0.25) is 9.59 Å². The van der Waals surface area contributed by atoms with Crippen molar-refractivity contribution < 1.29 is 19.8 Å². The molecule has 19 heavy (non-hydrogen) atoms. The maximum atomic E-state index is 11.8. The van der Waals surface area contributed by atoms with Gasteiger partial charge in [0.2, 0.25) is 5.91 Å². The van der Waals surface area contributed by atoms with Crippen LogP contribution in [-0.4, -0.2) is 46.6 Å². The fourth-order valence-corrected chi connectivity index (χ4v) is 1.69. The Balaban J connectivity index is 2.69. The molecule has 0 spiro atoms. The number of amides is 2. The molecule has 6 heteroatoms. The minimum absolute atomic E-state index is 0.172. The second-order valence-electron chi connectivity index (χ2n) is 3.92. The Bertz CT molecular complexity index is 449. The Morgan fingerprint density at radius 2 is 1.68 bits per heavy atom. The number of nitrogens with zero attached hydrogens (tertiary/aromatic N) is 1. The van der Waals surface area contributed by atoms with Gasteiger partial charge in [0.05, 0.1) is 6.54 Å². The van der Waals surface area contributed by atoms with Gasteiger partial charge in [-0.2, -0.15) is 0 Å². The summed E-state index contributed by atoms with van der Waals surface area (Å²) in [5.74, 6) is -1.55. The van der Waals surface area contributed by atoms with Crippen LogP contribution in [0.3, 0.4) is 0 Å². The lowest BCUT2D eigenvalue weighted by Crippen LogP contribution is -2.40. The Labute approximate surface area is 111 Å². The summed E-state index contributed by atoms with van der Waals surface area (Å²) in [6.45, 7) is 4.64. The van der Waals surface area contributed by atoms with Gasteiger partial charge in [0.15, 0.2) is 0 Å². The van der Waals surface area contributed by atoms with Crippen LogP contribution in [0.2, 0.25) is 0 Å². The number of aromatic hydroxyl groups is 2. The standard InChI is InChI=1S/C13H18N2O4/c1-3-15(4-2)11(18)8-14-13(19)12-9(16)6-5-7-10(12)17/h5-7,16-17H,3-4,8H2,1-2H3,(H,14,19). The highest BCUT2D eigenvalue weighted by atomic mass is 16.3. The highest BCUT2D eigenvalue weighted by Gasteiger charge is 2.17. The van der Waals surface area contributed by atoms with Gasteiger partial charge in [-0.15, -0.1) is 0 Å². The van der Waals surface area contributed by atoms with E-state index in [2.05, 4.69) is 5.32 Å². The Hall–Kier alpha value is -2.24. The predicted octanol–water partition coefficient (Wildman–Crippen LogP) is 0.696. The molecule has 3 N–H and O–H groups in total. The third-order valence-corrected chi connectivity index (χ3v) is 2.76. The summed E-state index contributed by atoms with van der Waals surface area (Å²) < 4.78 is 0. The van der Waals surface area contributed by atoms with Crippen molar-refractivity contribution >= 4 is 11.8 Å². The van der Waals surface area contributed by atoms with Crippen LogP contribution in [0.5, 0.6) is 11.5 Å². The summed E-state index contributed by atoms with van der Waals surface area (Å²) in [6, 6.07) is 4.00. The Morgan fingerprint density at radius 3 is 2.16 bits per heavy atom. The van der Waals surface area contributed by atoms with Gasteiger partial charge in [-0.25, -0.2) is 0 Å². The molecule has 1 rings (SSSR count). The molecule has 0 unspecified atom stereocenters. The molecule has 0 aliphatic heterocycles. The maximum Gasteiger partial charge on any atom is 0.259 e. The third-order valence-electron chi connectivity index (χ3n) is 2.76. The molecule has 0 aliphatic rings. The summed E-state index contributed by atoms with van der Waals surface area (Å²) in [6.07, 6.45) is 0. The van der Waals surface area contributed by atoms with E-state index in [1.165, 1.54) is 18.2 Å². The van der Waals surface area contributed by atoms with Gasteiger partial charge in [0, 0.05) is 13.1 Å². The number of carbonyl (C=O) groups excluding carboxylic acids is 2. The molecule has 0 saturated carbocycles. The number of carbonyl (C=O) groups is 2. The van der Waals surface area contributed by atoms with Crippen LogP contribution in [0.15, 0.2) is 18.2 Å². The van der Waals surface area contributed by atoms with Crippen molar-refractivity contribution in [3.8, 4) is 11.5 Å². The first-order chi connectivity index (χ1) is 9.01. The van der Waals surface area contributed by atoms with Crippen LogP contribution in [0.25, 0.3) is 0 Å². The lowest BCUT2D eigenvalue weighted by molar-refractivity contribution is -0.129. The average Bonchev–Trinajstić information content (AvgIpc) is 2.37. The highest BCUT2D eigenvalue weighted by Crippen LogP contribution is 2.25. The summed E-state index contributed by atoms with van der Waals surface area (Å²) in [7, 11) is 0. The maximum absolute atomic E-state index is 11.8. The molecule has 0 atom stereocenters. The quantitative estimate of drug-likeness (QED) is 0.731. The van der Waals surface area contributed by atoms with Crippen molar-refractivity contribution in [3.05, 3.63) is 23.8 Å². The second kappa shape index (κ2) is 6.63. The fourth-order valence-electron chi connectivity index (χ4n) is 1.69. The molecule has 6 nitrogen and oxygen atoms in total. The minimum Gasteiger partial charge on any atom is -0.507 e. The van der Waals surface area contributed by atoms with Crippen molar-refractivity contribution in [1.29, 1.82) is 0 Å². The van der Waals surface area contributed by atoms with Crippen LogP contribution in [0, 0.1) is 0 Å². The molecule has 0 heterocycles. The van der Waals surface area contributed by atoms with Crippen molar-refractivity contribution in [2.24, 2.45) is 0 Å². The molecular weight excluding hydrogens is 248 g/mol. The molecule has 0 radical (unpaired) electrons. The molecule has 0 aromatic heterocycles. The normalized spacial score (nSPS) is 10.0. The van der Waals surface area contributed by atoms with Crippen LogP contribution < -0.4 is 5.32 Å². The van der Waals surface area contributed by atoms with E-state index >= 15 is 0 Å². The fraction of sp³-hybridized carbons (Fsp3) is 0.385. The zero-order valence-electron chi connectivity index (χ0n) is 11.0. The minimum atomic E-state index is -0.684. The van der Waals surface area contributed by atoms with E-state index in [9.17, 15) is 19.8 Å². The predicted molar refractivity (Wildman–Crippen MR) is 70.0 cm³/mol. The number of benzene rings is 1. The van der Waals surface area contributed by atoms with Crippen molar-refractivity contribution in [2.45, 2.75) is 13.8 Å². The zero-order valence-corrected chi connectivity index (χ0v) is 11.0. The van der Waals surface area contributed by atoms with E-state index in [1.54, 1.807) is 4.90 Å². The number of hydrogen-bond acceptors (Lipinski definition) is 4. The van der Waals surface area contributed by atoms with Gasteiger partial charge in [-0.1, -0.05) is 6.07 Å². The first-order valence-corrected chi connectivity index (χ1v) is 6.08. The lowest BCUT2D eigenvalue weighted by Gasteiger charge is -2.18. The molecular formula is C13H18N2O4. The van der Waals surface area contributed by atoms with Crippen LogP contribution in [0.4, 0.5) is 0 Å². The second-order valence-corrected chi connectivity index (χ2v) is 3.92. The Morgan fingerprint density at radius 1 is 1.16 bits per heavy atom. The summed E-state index contributed by atoms with van der Waals surface area (Å²) >= 11 is 0. The van der Waals surface area contributed by atoms with E-state index in [4.69, 9.17) is 0 Å². The van der Waals surface area contributed by atoms with Crippen molar-refractivity contribution in [1.82, 2.24) is 10.2 Å². The van der Waals surface area contributed by atoms with E-state index in [-0.39, 0.29) is 29.5 Å². The smallest absolute Gasteiger partial charge is 0.259 e. The van der Waals surface area contributed by atoms with Crippen molar-refractivity contribution in [2.75, 3.05) is 19.6 Å². The van der Waals surface area contributed by atoms with Crippen LogP contribution in [0.1, 0.15) is 24.2 Å². The molecule has 0 bridgehead atoms. The number of rotatable bonds is 5. The number of nitrogens with one attached hydrogen (secondary N) is 1. The van der Waals surface area contributed by atoms with Crippen LogP contribution >= 0.6 is 0 Å². The van der Waals surface area contributed by atoms with E-state index < -0.39 is 5.91 Å². The van der Waals surface area contributed by atoms with E-state index in [1.807, 2.05) is 13.8 Å². The van der Waals surface area contributed by atoms with Gasteiger partial charge in [0.1, 0.15) is 17.1 Å². The molecule has 0 saturated heterocycles. The molecule has 0 fully saturated rings. The average molecular weight is 266 g/mol. The Kier molecular flexibility index (Phi) is 5.17. The number of hydrogen-bond donors (Lipinski definition) is 3. The van der Waals surface area contributed by atoms with Gasteiger partial charge in [0.25, 0.3) is 5.91 Å². The molecule has 1 aromatic carbocycles. The lowest BCUT2D eigenvalue weighted by atomic mass is 10.1. The first kappa shape index (κ1) is 14.8. The third kappa shape index (κ3) is 3.61. The largest absolute Gasteiger partial charge is 0.507 e. The van der Waals surface area contributed by atoms with E-state index in [0.717, 1.165) is 0 Å². The number of phenolic OH excluding ortho intramolecular Hbond substituents is 2. The van der Waals surface area contributed by atoms with Gasteiger partial charge in [-0.05, 0) is 26.0 Å². The summed E-state index contributed by atoms with van der Waals surface area (Å²) in [5.41, 5.74) is -0.227. The SMILES string of the molecule is CCN(CC)C(=O)CNC(=O)c1c(O)cccc1O. The molecule has 0 aliphatic carbocycles. The topological polar surface area (TPSA) is 89.9 Å².